The van der Waals surface area contributed by atoms with E-state index in [1.54, 1.807) is 0 Å². The Morgan fingerprint density at radius 1 is 1.00 bits per heavy atom. The third kappa shape index (κ3) is 4.53. The molecular formula is C28H31N5O. The number of rotatable bonds is 5. The van der Waals surface area contributed by atoms with Crippen LogP contribution in [0.2, 0.25) is 0 Å². The standard InChI is InChI=1S/C28H31N5O/c1-19-9-11-23(12-10-19)25-18-26-29-20(2)17-27(33(26)31-25)32-15-13-24(14-16-32)28(34)30-21(3)22-7-5-4-6-8-22/h4-12,17-18,21,24H,13-16H2,1-3H3,(H,30,34)/t21-/m0/s1. The van der Waals surface area contributed by atoms with E-state index in [2.05, 4.69) is 59.6 Å². The van der Waals surface area contributed by atoms with Crippen molar-refractivity contribution >= 4 is 17.4 Å². The number of aryl methyl sites for hydroxylation is 2. The van der Waals surface area contributed by atoms with Crippen molar-refractivity contribution in [1.29, 1.82) is 0 Å². The van der Waals surface area contributed by atoms with Gasteiger partial charge >= 0.3 is 0 Å². The lowest BCUT2D eigenvalue weighted by Crippen LogP contribution is -2.41. The zero-order chi connectivity index (χ0) is 23.7. The molecule has 1 saturated heterocycles. The summed E-state index contributed by atoms with van der Waals surface area (Å²) < 4.78 is 1.94. The predicted octanol–water partition coefficient (Wildman–Crippen LogP) is 5.11. The van der Waals surface area contributed by atoms with Gasteiger partial charge in [0.05, 0.1) is 11.7 Å². The normalized spacial score (nSPS) is 15.4. The predicted molar refractivity (Wildman–Crippen MR) is 136 cm³/mol. The molecule has 2 aromatic heterocycles. The third-order valence-corrected chi connectivity index (χ3v) is 6.73. The average Bonchev–Trinajstić information content (AvgIpc) is 3.28. The molecular weight excluding hydrogens is 422 g/mol. The summed E-state index contributed by atoms with van der Waals surface area (Å²) in [6.07, 6.45) is 1.64. The van der Waals surface area contributed by atoms with Crippen LogP contribution in [0.4, 0.5) is 5.82 Å². The molecule has 1 aliphatic heterocycles. The molecule has 1 N–H and O–H groups in total. The Morgan fingerprint density at radius 2 is 1.71 bits per heavy atom. The summed E-state index contributed by atoms with van der Waals surface area (Å²) in [6, 6.07) is 22.7. The van der Waals surface area contributed by atoms with Crippen LogP contribution in [0, 0.1) is 19.8 Å². The molecule has 0 radical (unpaired) electrons. The smallest absolute Gasteiger partial charge is 0.223 e. The lowest BCUT2D eigenvalue weighted by Gasteiger charge is -2.33. The van der Waals surface area contributed by atoms with Crippen LogP contribution in [0.15, 0.2) is 66.7 Å². The van der Waals surface area contributed by atoms with Crippen LogP contribution in [0.5, 0.6) is 0 Å². The third-order valence-electron chi connectivity index (χ3n) is 6.73. The minimum atomic E-state index is 0.0125. The quantitative estimate of drug-likeness (QED) is 0.456. The molecule has 2 aromatic carbocycles. The molecule has 1 fully saturated rings. The van der Waals surface area contributed by atoms with Crippen LogP contribution in [-0.2, 0) is 4.79 Å². The molecule has 174 valence electrons. The first-order valence-corrected chi connectivity index (χ1v) is 12.0. The van der Waals surface area contributed by atoms with Crippen molar-refractivity contribution in [1.82, 2.24) is 19.9 Å². The first-order chi connectivity index (χ1) is 16.5. The maximum Gasteiger partial charge on any atom is 0.223 e. The van der Waals surface area contributed by atoms with Gasteiger partial charge in [0.25, 0.3) is 0 Å². The number of nitrogens with one attached hydrogen (secondary N) is 1. The van der Waals surface area contributed by atoms with Gasteiger partial charge in [-0.05, 0) is 39.2 Å². The van der Waals surface area contributed by atoms with Gasteiger partial charge in [-0.3, -0.25) is 4.79 Å². The Balaban J connectivity index is 1.30. The van der Waals surface area contributed by atoms with Gasteiger partial charge in [-0.25, -0.2) is 4.98 Å². The minimum Gasteiger partial charge on any atom is -0.356 e. The van der Waals surface area contributed by atoms with E-state index in [4.69, 9.17) is 10.1 Å². The topological polar surface area (TPSA) is 62.5 Å². The number of amides is 1. The number of carbonyl (C=O) groups excluding carboxylic acids is 1. The molecule has 4 aromatic rings. The molecule has 1 amide bonds. The molecule has 0 spiro atoms. The summed E-state index contributed by atoms with van der Waals surface area (Å²) in [5, 5.41) is 8.09. The SMILES string of the molecule is Cc1ccc(-c2cc3nc(C)cc(N4CCC(C(=O)N[C@@H](C)c5ccccc5)CC4)n3n2)cc1. The summed E-state index contributed by atoms with van der Waals surface area (Å²) in [5.74, 6) is 1.21. The molecule has 1 aliphatic rings. The van der Waals surface area contributed by atoms with Crippen molar-refractivity contribution in [2.45, 2.75) is 39.7 Å². The lowest BCUT2D eigenvalue weighted by atomic mass is 9.95. The Labute approximate surface area is 200 Å². The summed E-state index contributed by atoms with van der Waals surface area (Å²) in [6.45, 7) is 7.78. The van der Waals surface area contributed by atoms with Gasteiger partial charge in [0.2, 0.25) is 5.91 Å². The van der Waals surface area contributed by atoms with E-state index in [0.717, 1.165) is 59.9 Å². The van der Waals surface area contributed by atoms with Crippen molar-refractivity contribution in [2.75, 3.05) is 18.0 Å². The number of benzene rings is 2. The number of fused-ring (bicyclic) bond motifs is 1. The van der Waals surface area contributed by atoms with E-state index < -0.39 is 0 Å². The van der Waals surface area contributed by atoms with Gasteiger partial charge < -0.3 is 10.2 Å². The number of anilines is 1. The van der Waals surface area contributed by atoms with E-state index in [-0.39, 0.29) is 17.9 Å². The molecule has 0 saturated carbocycles. The fourth-order valence-corrected chi connectivity index (χ4v) is 4.70. The molecule has 0 bridgehead atoms. The van der Waals surface area contributed by atoms with Crippen LogP contribution in [-0.4, -0.2) is 33.6 Å². The van der Waals surface area contributed by atoms with Gasteiger partial charge in [-0.1, -0.05) is 60.2 Å². The molecule has 0 aliphatic carbocycles. The number of piperidine rings is 1. The van der Waals surface area contributed by atoms with Crippen LogP contribution < -0.4 is 10.2 Å². The van der Waals surface area contributed by atoms with Crippen LogP contribution >= 0.6 is 0 Å². The molecule has 0 unspecified atom stereocenters. The number of hydrogen-bond donors (Lipinski definition) is 1. The summed E-state index contributed by atoms with van der Waals surface area (Å²) >= 11 is 0. The van der Waals surface area contributed by atoms with Gasteiger partial charge in [0.1, 0.15) is 5.82 Å². The highest BCUT2D eigenvalue weighted by Crippen LogP contribution is 2.27. The van der Waals surface area contributed by atoms with E-state index in [0.29, 0.717) is 0 Å². The van der Waals surface area contributed by atoms with Crippen LogP contribution in [0.25, 0.3) is 16.9 Å². The van der Waals surface area contributed by atoms with Crippen molar-refractivity contribution in [3.8, 4) is 11.3 Å². The zero-order valence-corrected chi connectivity index (χ0v) is 20.0. The first-order valence-electron chi connectivity index (χ1n) is 12.0. The number of carbonyl (C=O) groups is 1. The lowest BCUT2D eigenvalue weighted by molar-refractivity contribution is -0.126. The maximum absolute atomic E-state index is 12.9. The second-order valence-electron chi connectivity index (χ2n) is 9.32. The Morgan fingerprint density at radius 3 is 2.41 bits per heavy atom. The summed E-state index contributed by atoms with van der Waals surface area (Å²) in [7, 11) is 0. The number of nitrogens with zero attached hydrogens (tertiary/aromatic N) is 4. The van der Waals surface area contributed by atoms with Crippen molar-refractivity contribution in [3.63, 3.8) is 0 Å². The Kier molecular flexibility index (Phi) is 6.05. The highest BCUT2D eigenvalue weighted by Gasteiger charge is 2.27. The van der Waals surface area contributed by atoms with Gasteiger partial charge in [-0.2, -0.15) is 9.61 Å². The zero-order valence-electron chi connectivity index (χ0n) is 20.0. The molecule has 6 heteroatoms. The second kappa shape index (κ2) is 9.29. The summed E-state index contributed by atoms with van der Waals surface area (Å²) in [5.41, 5.74) is 6.18. The molecule has 1 atom stereocenters. The monoisotopic (exact) mass is 453 g/mol. The molecule has 34 heavy (non-hydrogen) atoms. The largest absolute Gasteiger partial charge is 0.356 e. The van der Waals surface area contributed by atoms with Crippen molar-refractivity contribution in [3.05, 3.63) is 83.6 Å². The van der Waals surface area contributed by atoms with Gasteiger partial charge in [0.15, 0.2) is 5.65 Å². The Bertz CT molecular complexity index is 1290. The second-order valence-corrected chi connectivity index (χ2v) is 9.32. The fraction of sp³-hybridized carbons (Fsp3) is 0.321. The highest BCUT2D eigenvalue weighted by molar-refractivity contribution is 5.79. The molecule has 3 heterocycles. The van der Waals surface area contributed by atoms with Crippen LogP contribution in [0.1, 0.15) is 42.6 Å². The van der Waals surface area contributed by atoms with E-state index in [1.165, 1.54) is 5.56 Å². The Hall–Kier alpha value is -3.67. The van der Waals surface area contributed by atoms with Gasteiger partial charge in [0, 0.05) is 42.4 Å². The van der Waals surface area contributed by atoms with E-state index in [9.17, 15) is 4.79 Å². The van der Waals surface area contributed by atoms with Gasteiger partial charge in [-0.15, -0.1) is 0 Å². The van der Waals surface area contributed by atoms with Crippen molar-refractivity contribution < 1.29 is 4.79 Å². The molecule has 5 rings (SSSR count). The first kappa shape index (κ1) is 22.1. The van der Waals surface area contributed by atoms with E-state index >= 15 is 0 Å². The molecule has 6 nitrogen and oxygen atoms in total. The van der Waals surface area contributed by atoms with E-state index in [1.807, 2.05) is 42.6 Å². The van der Waals surface area contributed by atoms with Crippen molar-refractivity contribution in [2.24, 2.45) is 5.92 Å². The van der Waals surface area contributed by atoms with Crippen LogP contribution in [0.3, 0.4) is 0 Å². The number of aromatic nitrogens is 3. The summed E-state index contributed by atoms with van der Waals surface area (Å²) in [4.78, 5) is 20.0. The fourth-order valence-electron chi connectivity index (χ4n) is 4.70. The maximum atomic E-state index is 12.9. The minimum absolute atomic E-state index is 0.0125. The highest BCUT2D eigenvalue weighted by atomic mass is 16.1. The number of hydrogen-bond acceptors (Lipinski definition) is 4. The average molecular weight is 454 g/mol.